The highest BCUT2D eigenvalue weighted by Gasteiger charge is 2.04. The first kappa shape index (κ1) is 11.4. The summed E-state index contributed by atoms with van der Waals surface area (Å²) in [7, 11) is 1.42. The van der Waals surface area contributed by atoms with E-state index >= 15 is 0 Å². The number of esters is 1. The van der Waals surface area contributed by atoms with Crippen LogP contribution in [-0.2, 0) is 9.53 Å². The van der Waals surface area contributed by atoms with Gasteiger partial charge in [-0.1, -0.05) is 6.92 Å². The first-order valence-electron chi connectivity index (χ1n) is 4.50. The van der Waals surface area contributed by atoms with Crippen molar-refractivity contribution in [3.8, 4) is 0 Å². The molecule has 0 aromatic rings. The summed E-state index contributed by atoms with van der Waals surface area (Å²) >= 11 is 0. The van der Waals surface area contributed by atoms with E-state index in [1.807, 2.05) is 0 Å². The fourth-order valence-corrected chi connectivity index (χ4v) is 0.929. The molecule has 0 bridgehead atoms. The van der Waals surface area contributed by atoms with E-state index in [2.05, 4.69) is 23.9 Å². The number of nitrogens with one attached hydrogen (secondary N) is 1. The molecule has 0 saturated carbocycles. The predicted molar refractivity (Wildman–Crippen MR) is 49.0 cm³/mol. The van der Waals surface area contributed by atoms with Crippen LogP contribution in [0.4, 0.5) is 0 Å². The second kappa shape index (κ2) is 7.10. The lowest BCUT2D eigenvalue weighted by Gasteiger charge is -2.11. The average molecular weight is 173 g/mol. The number of carbonyl (C=O) groups is 1. The second-order valence-electron chi connectivity index (χ2n) is 2.97. The van der Waals surface area contributed by atoms with Crippen molar-refractivity contribution in [1.29, 1.82) is 0 Å². The van der Waals surface area contributed by atoms with E-state index in [-0.39, 0.29) is 5.97 Å². The van der Waals surface area contributed by atoms with Crippen LogP contribution in [0.1, 0.15) is 33.1 Å². The third kappa shape index (κ3) is 6.16. The lowest BCUT2D eigenvalue weighted by molar-refractivity contribution is -0.140. The Morgan fingerprint density at radius 3 is 2.75 bits per heavy atom. The summed E-state index contributed by atoms with van der Waals surface area (Å²) in [6, 6.07) is 0.407. The van der Waals surface area contributed by atoms with Gasteiger partial charge < -0.3 is 10.1 Å². The number of methoxy groups -OCH3 is 1. The lowest BCUT2D eigenvalue weighted by Crippen LogP contribution is -2.27. The van der Waals surface area contributed by atoms with Gasteiger partial charge in [-0.05, 0) is 26.3 Å². The standard InChI is InChI=1S/C9H19NO2/c1-4-7-10-8(2)5-6-9(11)12-3/h8,10H,4-7H2,1-3H3. The summed E-state index contributed by atoms with van der Waals surface area (Å²) in [5, 5.41) is 3.30. The quantitative estimate of drug-likeness (QED) is 0.616. The topological polar surface area (TPSA) is 38.3 Å². The molecule has 0 aliphatic carbocycles. The fourth-order valence-electron chi connectivity index (χ4n) is 0.929. The average Bonchev–Trinajstić information content (AvgIpc) is 2.10. The number of ether oxygens (including phenoxy) is 1. The van der Waals surface area contributed by atoms with Crippen LogP contribution in [0.2, 0.25) is 0 Å². The Balaban J connectivity index is 3.30. The smallest absolute Gasteiger partial charge is 0.305 e. The van der Waals surface area contributed by atoms with Crippen molar-refractivity contribution in [2.24, 2.45) is 0 Å². The van der Waals surface area contributed by atoms with Crippen LogP contribution < -0.4 is 5.32 Å². The maximum absolute atomic E-state index is 10.7. The third-order valence-electron chi connectivity index (χ3n) is 1.75. The molecular formula is C9H19NO2. The maximum atomic E-state index is 10.7. The van der Waals surface area contributed by atoms with Crippen LogP contribution in [0.25, 0.3) is 0 Å². The van der Waals surface area contributed by atoms with Crippen LogP contribution in [-0.4, -0.2) is 25.7 Å². The van der Waals surface area contributed by atoms with Crippen LogP contribution in [0.15, 0.2) is 0 Å². The Morgan fingerprint density at radius 1 is 1.58 bits per heavy atom. The maximum Gasteiger partial charge on any atom is 0.305 e. The van der Waals surface area contributed by atoms with E-state index in [0.29, 0.717) is 12.5 Å². The molecule has 1 atom stereocenters. The Hall–Kier alpha value is -0.570. The van der Waals surface area contributed by atoms with Crippen molar-refractivity contribution in [3.63, 3.8) is 0 Å². The summed E-state index contributed by atoms with van der Waals surface area (Å²) in [4.78, 5) is 10.7. The minimum atomic E-state index is -0.125. The van der Waals surface area contributed by atoms with Gasteiger partial charge in [-0.25, -0.2) is 0 Å². The molecule has 0 radical (unpaired) electrons. The molecule has 1 unspecified atom stereocenters. The predicted octanol–water partition coefficient (Wildman–Crippen LogP) is 1.33. The molecule has 1 N–H and O–H groups in total. The molecule has 12 heavy (non-hydrogen) atoms. The molecule has 0 aliphatic rings. The highest BCUT2D eigenvalue weighted by Crippen LogP contribution is 1.97. The van der Waals surface area contributed by atoms with Gasteiger partial charge in [0.1, 0.15) is 0 Å². The van der Waals surface area contributed by atoms with Crippen LogP contribution in [0.5, 0.6) is 0 Å². The first-order valence-corrected chi connectivity index (χ1v) is 4.50. The van der Waals surface area contributed by atoms with E-state index in [1.54, 1.807) is 0 Å². The molecule has 0 spiro atoms. The number of carbonyl (C=O) groups excluding carboxylic acids is 1. The summed E-state index contributed by atoms with van der Waals surface area (Å²) in [5.41, 5.74) is 0. The van der Waals surface area contributed by atoms with Gasteiger partial charge in [0, 0.05) is 12.5 Å². The van der Waals surface area contributed by atoms with Crippen molar-refractivity contribution in [2.75, 3.05) is 13.7 Å². The summed E-state index contributed by atoms with van der Waals surface area (Å²) in [6.45, 7) is 5.22. The third-order valence-corrected chi connectivity index (χ3v) is 1.75. The molecule has 0 aliphatic heterocycles. The molecule has 0 rings (SSSR count). The molecule has 0 aromatic heterocycles. The highest BCUT2D eigenvalue weighted by molar-refractivity contribution is 5.69. The van der Waals surface area contributed by atoms with Crippen molar-refractivity contribution in [1.82, 2.24) is 5.32 Å². The van der Waals surface area contributed by atoms with Crippen LogP contribution >= 0.6 is 0 Å². The molecule has 3 heteroatoms. The highest BCUT2D eigenvalue weighted by atomic mass is 16.5. The SMILES string of the molecule is CCCNC(C)CCC(=O)OC. The fraction of sp³-hybridized carbons (Fsp3) is 0.889. The molecular weight excluding hydrogens is 154 g/mol. The van der Waals surface area contributed by atoms with E-state index in [0.717, 1.165) is 19.4 Å². The van der Waals surface area contributed by atoms with Gasteiger partial charge in [-0.15, -0.1) is 0 Å². The molecule has 72 valence electrons. The molecule has 0 heterocycles. The van der Waals surface area contributed by atoms with Crippen LogP contribution in [0, 0.1) is 0 Å². The zero-order chi connectivity index (χ0) is 9.40. The molecule has 0 amide bonds. The number of hydrogen-bond donors (Lipinski definition) is 1. The van der Waals surface area contributed by atoms with Crippen molar-refractivity contribution in [2.45, 2.75) is 39.2 Å². The number of hydrogen-bond acceptors (Lipinski definition) is 3. The molecule has 0 fully saturated rings. The van der Waals surface area contributed by atoms with Crippen molar-refractivity contribution < 1.29 is 9.53 Å². The van der Waals surface area contributed by atoms with Gasteiger partial charge in [0.15, 0.2) is 0 Å². The summed E-state index contributed by atoms with van der Waals surface area (Å²) in [5.74, 6) is -0.125. The summed E-state index contributed by atoms with van der Waals surface area (Å²) < 4.78 is 4.54. The van der Waals surface area contributed by atoms with Gasteiger partial charge in [-0.2, -0.15) is 0 Å². The first-order chi connectivity index (χ1) is 5.70. The Morgan fingerprint density at radius 2 is 2.25 bits per heavy atom. The normalized spacial score (nSPS) is 12.6. The van der Waals surface area contributed by atoms with Crippen LogP contribution in [0.3, 0.4) is 0 Å². The molecule has 0 aromatic carbocycles. The Labute approximate surface area is 74.5 Å². The van der Waals surface area contributed by atoms with E-state index < -0.39 is 0 Å². The minimum absolute atomic E-state index is 0.125. The lowest BCUT2D eigenvalue weighted by atomic mass is 10.2. The largest absolute Gasteiger partial charge is 0.469 e. The monoisotopic (exact) mass is 173 g/mol. The second-order valence-corrected chi connectivity index (χ2v) is 2.97. The Bertz CT molecular complexity index is 126. The summed E-state index contributed by atoms with van der Waals surface area (Å²) in [6.07, 6.45) is 2.49. The van der Waals surface area contributed by atoms with E-state index in [1.165, 1.54) is 7.11 Å². The molecule has 3 nitrogen and oxygen atoms in total. The zero-order valence-corrected chi connectivity index (χ0v) is 8.22. The zero-order valence-electron chi connectivity index (χ0n) is 8.22. The van der Waals surface area contributed by atoms with Gasteiger partial charge in [0.05, 0.1) is 7.11 Å². The number of rotatable bonds is 6. The van der Waals surface area contributed by atoms with Crippen molar-refractivity contribution >= 4 is 5.97 Å². The van der Waals surface area contributed by atoms with E-state index in [4.69, 9.17) is 0 Å². The minimum Gasteiger partial charge on any atom is -0.469 e. The van der Waals surface area contributed by atoms with Gasteiger partial charge in [0.25, 0.3) is 0 Å². The van der Waals surface area contributed by atoms with Gasteiger partial charge in [0.2, 0.25) is 0 Å². The van der Waals surface area contributed by atoms with Gasteiger partial charge in [-0.3, -0.25) is 4.79 Å². The molecule has 0 saturated heterocycles. The van der Waals surface area contributed by atoms with E-state index in [9.17, 15) is 4.79 Å². The van der Waals surface area contributed by atoms with Crippen molar-refractivity contribution in [3.05, 3.63) is 0 Å². The van der Waals surface area contributed by atoms with Gasteiger partial charge >= 0.3 is 5.97 Å². The Kier molecular flexibility index (Phi) is 6.76.